The number of aromatic nitrogens is 1. The first kappa shape index (κ1) is 17.4. The van der Waals surface area contributed by atoms with Crippen LogP contribution in [-0.2, 0) is 9.53 Å². The topological polar surface area (TPSA) is 60.6 Å². The number of Topliss-reactive ketones (excluding diaryl/α,β-unsaturated/α-hetero) is 1. The molecule has 0 unspecified atom stereocenters. The second-order valence-corrected chi connectivity index (χ2v) is 8.88. The molecule has 1 aliphatic carbocycles. The van der Waals surface area contributed by atoms with E-state index in [4.69, 9.17) is 14.2 Å². The van der Waals surface area contributed by atoms with Crippen LogP contribution in [0.3, 0.4) is 0 Å². The van der Waals surface area contributed by atoms with Gasteiger partial charge in [0, 0.05) is 29.3 Å². The SMILES string of the molecule is CC1(C)CC(=O)C2=C(C1)O/C(=C\c1ccc3c(c1)OCO3)c1[nH]c3ccccc3c12. The molecule has 0 saturated heterocycles. The maximum atomic E-state index is 13.1. The third kappa shape index (κ3) is 2.58. The van der Waals surface area contributed by atoms with Gasteiger partial charge < -0.3 is 19.2 Å². The number of carbonyl (C=O) groups excluding carboxylic acids is 1. The fourth-order valence-electron chi connectivity index (χ4n) is 4.66. The maximum Gasteiger partial charge on any atom is 0.231 e. The molecular formula is C25H21NO4. The van der Waals surface area contributed by atoms with Crippen LogP contribution in [0.1, 0.15) is 43.5 Å². The molecule has 5 heteroatoms. The van der Waals surface area contributed by atoms with Crippen LogP contribution in [0, 0.1) is 5.41 Å². The summed E-state index contributed by atoms with van der Waals surface area (Å²) in [7, 11) is 0. The molecule has 150 valence electrons. The minimum Gasteiger partial charge on any atom is -0.459 e. The number of para-hydroxylation sites is 1. The summed E-state index contributed by atoms with van der Waals surface area (Å²) in [4.78, 5) is 16.6. The van der Waals surface area contributed by atoms with Crippen molar-refractivity contribution in [3.8, 4) is 11.5 Å². The van der Waals surface area contributed by atoms with E-state index < -0.39 is 0 Å². The zero-order valence-corrected chi connectivity index (χ0v) is 16.9. The Morgan fingerprint density at radius 1 is 1.03 bits per heavy atom. The molecule has 1 N–H and O–H groups in total. The van der Waals surface area contributed by atoms with Gasteiger partial charge in [-0.15, -0.1) is 0 Å². The number of ether oxygens (including phenoxy) is 3. The smallest absolute Gasteiger partial charge is 0.231 e. The molecule has 5 nitrogen and oxygen atoms in total. The number of carbonyl (C=O) groups is 1. The highest BCUT2D eigenvalue weighted by atomic mass is 16.7. The van der Waals surface area contributed by atoms with E-state index in [1.165, 1.54) is 0 Å². The molecule has 0 amide bonds. The first-order valence-electron chi connectivity index (χ1n) is 10.2. The Kier molecular flexibility index (Phi) is 3.49. The minimum absolute atomic E-state index is 0.122. The third-order valence-corrected chi connectivity index (χ3v) is 5.97. The molecule has 0 atom stereocenters. The Morgan fingerprint density at radius 2 is 1.87 bits per heavy atom. The van der Waals surface area contributed by atoms with Gasteiger partial charge in [-0.25, -0.2) is 0 Å². The normalized spacial score (nSPS) is 20.3. The molecule has 2 aliphatic heterocycles. The lowest BCUT2D eigenvalue weighted by molar-refractivity contribution is -0.116. The number of aromatic amines is 1. The molecule has 0 fully saturated rings. The molecule has 6 rings (SSSR count). The number of nitrogens with one attached hydrogen (secondary N) is 1. The van der Waals surface area contributed by atoms with Crippen LogP contribution < -0.4 is 9.47 Å². The molecule has 3 aliphatic rings. The molecule has 0 radical (unpaired) electrons. The zero-order chi connectivity index (χ0) is 20.5. The van der Waals surface area contributed by atoms with Crippen LogP contribution in [-0.4, -0.2) is 17.6 Å². The summed E-state index contributed by atoms with van der Waals surface area (Å²) in [5.74, 6) is 3.10. The van der Waals surface area contributed by atoms with Crippen molar-refractivity contribution in [3.63, 3.8) is 0 Å². The summed E-state index contributed by atoms with van der Waals surface area (Å²) < 4.78 is 17.3. The first-order valence-corrected chi connectivity index (χ1v) is 10.2. The summed E-state index contributed by atoms with van der Waals surface area (Å²) in [6.07, 6.45) is 3.24. The van der Waals surface area contributed by atoms with Crippen LogP contribution >= 0.6 is 0 Å². The Morgan fingerprint density at radius 3 is 2.77 bits per heavy atom. The zero-order valence-electron chi connectivity index (χ0n) is 16.9. The number of allylic oxidation sites excluding steroid dienone is 2. The van der Waals surface area contributed by atoms with E-state index in [0.29, 0.717) is 12.2 Å². The molecule has 0 bridgehead atoms. The number of benzene rings is 2. The average Bonchev–Trinajstić information content (AvgIpc) is 3.31. The van der Waals surface area contributed by atoms with Gasteiger partial charge in [0.2, 0.25) is 6.79 Å². The average molecular weight is 399 g/mol. The molecule has 0 saturated carbocycles. The number of ketones is 1. The molecule has 30 heavy (non-hydrogen) atoms. The van der Waals surface area contributed by atoms with Crippen LogP contribution in [0.2, 0.25) is 0 Å². The Hall–Kier alpha value is -3.47. The summed E-state index contributed by atoms with van der Waals surface area (Å²) in [5.41, 5.74) is 4.35. The van der Waals surface area contributed by atoms with Gasteiger partial charge in [-0.1, -0.05) is 38.1 Å². The summed E-state index contributed by atoms with van der Waals surface area (Å²) in [6.45, 7) is 4.47. The Balaban J connectivity index is 1.56. The number of hydrogen-bond donors (Lipinski definition) is 1. The van der Waals surface area contributed by atoms with Crippen LogP contribution in [0.15, 0.2) is 48.2 Å². The van der Waals surface area contributed by atoms with Crippen LogP contribution in [0.25, 0.3) is 28.3 Å². The Labute approximate surface area is 173 Å². The molecular weight excluding hydrogens is 378 g/mol. The van der Waals surface area contributed by atoms with Crippen molar-refractivity contribution in [2.45, 2.75) is 26.7 Å². The Bertz CT molecular complexity index is 1290. The molecule has 2 aromatic carbocycles. The van der Waals surface area contributed by atoms with Crippen molar-refractivity contribution >= 4 is 34.1 Å². The van der Waals surface area contributed by atoms with E-state index in [1.807, 2.05) is 42.5 Å². The summed E-state index contributed by atoms with van der Waals surface area (Å²) in [6, 6.07) is 13.9. The van der Waals surface area contributed by atoms with Crippen molar-refractivity contribution in [2.75, 3.05) is 6.79 Å². The largest absolute Gasteiger partial charge is 0.459 e. The van der Waals surface area contributed by atoms with Crippen molar-refractivity contribution < 1.29 is 19.0 Å². The monoisotopic (exact) mass is 399 g/mol. The first-order chi connectivity index (χ1) is 14.5. The standard InChI is InChI=1S/C25H21NO4/c1-25(2)11-17(27)23-21(12-25)30-20(10-14-7-8-18-19(9-14)29-13-28-18)24-22(23)15-5-3-4-6-16(15)26-24/h3-10,26H,11-13H2,1-2H3/b20-10-. The van der Waals surface area contributed by atoms with E-state index in [0.717, 1.165) is 57.0 Å². The number of H-pyrrole nitrogens is 1. The predicted molar refractivity (Wildman–Crippen MR) is 115 cm³/mol. The van der Waals surface area contributed by atoms with Crippen molar-refractivity contribution in [3.05, 3.63) is 65.0 Å². The molecule has 3 aromatic rings. The predicted octanol–water partition coefficient (Wildman–Crippen LogP) is 5.53. The van der Waals surface area contributed by atoms with Gasteiger partial charge in [-0.2, -0.15) is 0 Å². The fraction of sp³-hybridized carbons (Fsp3) is 0.240. The van der Waals surface area contributed by atoms with E-state index >= 15 is 0 Å². The lowest BCUT2D eigenvalue weighted by atomic mass is 9.74. The van der Waals surface area contributed by atoms with Gasteiger partial charge in [0.1, 0.15) is 5.76 Å². The van der Waals surface area contributed by atoms with E-state index in [9.17, 15) is 4.79 Å². The molecule has 0 spiro atoms. The summed E-state index contributed by atoms with van der Waals surface area (Å²) >= 11 is 0. The van der Waals surface area contributed by atoms with E-state index in [-0.39, 0.29) is 18.0 Å². The van der Waals surface area contributed by atoms with E-state index in [2.05, 4.69) is 24.9 Å². The lowest BCUT2D eigenvalue weighted by Gasteiger charge is -2.34. The van der Waals surface area contributed by atoms with Crippen LogP contribution in [0.5, 0.6) is 11.5 Å². The highest BCUT2D eigenvalue weighted by molar-refractivity contribution is 6.27. The van der Waals surface area contributed by atoms with Gasteiger partial charge >= 0.3 is 0 Å². The van der Waals surface area contributed by atoms with Gasteiger partial charge in [-0.3, -0.25) is 4.79 Å². The highest BCUT2D eigenvalue weighted by Gasteiger charge is 2.40. The van der Waals surface area contributed by atoms with Crippen LogP contribution in [0.4, 0.5) is 0 Å². The highest BCUT2D eigenvalue weighted by Crippen LogP contribution is 2.49. The minimum atomic E-state index is -0.122. The van der Waals surface area contributed by atoms with Gasteiger partial charge in [0.25, 0.3) is 0 Å². The third-order valence-electron chi connectivity index (χ3n) is 5.97. The quantitative estimate of drug-likeness (QED) is 0.585. The second-order valence-electron chi connectivity index (χ2n) is 8.88. The molecule has 3 heterocycles. The molecule has 1 aromatic heterocycles. The second kappa shape index (κ2) is 6.02. The summed E-state index contributed by atoms with van der Waals surface area (Å²) in [5, 5.41) is 1.05. The van der Waals surface area contributed by atoms with Crippen molar-refractivity contribution in [2.24, 2.45) is 5.41 Å². The van der Waals surface area contributed by atoms with Crippen molar-refractivity contribution in [1.82, 2.24) is 4.98 Å². The van der Waals surface area contributed by atoms with Gasteiger partial charge in [0.15, 0.2) is 23.0 Å². The number of hydrogen-bond acceptors (Lipinski definition) is 4. The fourth-order valence-corrected chi connectivity index (χ4v) is 4.66. The van der Waals surface area contributed by atoms with Crippen molar-refractivity contribution in [1.29, 1.82) is 0 Å². The van der Waals surface area contributed by atoms with E-state index in [1.54, 1.807) is 0 Å². The van der Waals surface area contributed by atoms with Gasteiger partial charge in [0.05, 0.1) is 11.3 Å². The number of rotatable bonds is 1. The maximum absolute atomic E-state index is 13.1. The van der Waals surface area contributed by atoms with Gasteiger partial charge in [-0.05, 0) is 35.3 Å². The lowest BCUT2D eigenvalue weighted by Crippen LogP contribution is -2.28. The number of fused-ring (bicyclic) bond motifs is 5.